The third-order valence-corrected chi connectivity index (χ3v) is 3.24. The van der Waals surface area contributed by atoms with E-state index in [1.165, 1.54) is 6.07 Å². The fraction of sp³-hybridized carbons (Fsp3) is 0.357. The Kier molecular flexibility index (Phi) is 3.36. The van der Waals surface area contributed by atoms with Crippen molar-refractivity contribution >= 4 is 5.69 Å². The summed E-state index contributed by atoms with van der Waals surface area (Å²) in [5.74, 6) is -0.214. The van der Waals surface area contributed by atoms with E-state index in [9.17, 15) is 4.39 Å². The molecule has 0 atom stereocenters. The predicted octanol–water partition coefficient (Wildman–Crippen LogP) is 3.10. The minimum absolute atomic E-state index is 0.214. The van der Waals surface area contributed by atoms with Gasteiger partial charge in [0.25, 0.3) is 0 Å². The van der Waals surface area contributed by atoms with E-state index in [-0.39, 0.29) is 5.82 Å². The van der Waals surface area contributed by atoms with Crippen LogP contribution in [0, 0.1) is 26.6 Å². The predicted molar refractivity (Wildman–Crippen MR) is 71.1 cm³/mol. The molecule has 1 N–H and O–H groups in total. The Morgan fingerprint density at radius 3 is 2.56 bits per heavy atom. The van der Waals surface area contributed by atoms with E-state index in [1.807, 2.05) is 38.6 Å². The number of halogens is 1. The lowest BCUT2D eigenvalue weighted by Crippen LogP contribution is -2.04. The van der Waals surface area contributed by atoms with Crippen molar-refractivity contribution in [2.24, 2.45) is 7.05 Å². The van der Waals surface area contributed by atoms with E-state index in [2.05, 4.69) is 10.4 Å². The van der Waals surface area contributed by atoms with Crippen molar-refractivity contribution < 1.29 is 4.39 Å². The summed E-state index contributed by atoms with van der Waals surface area (Å²) in [6.07, 6.45) is 0. The quantitative estimate of drug-likeness (QED) is 0.903. The first-order valence-corrected chi connectivity index (χ1v) is 5.98. The van der Waals surface area contributed by atoms with Crippen LogP contribution in [0.1, 0.15) is 22.5 Å². The molecule has 0 saturated heterocycles. The maximum Gasteiger partial charge on any atom is 0.146 e. The molecular weight excluding hydrogens is 229 g/mol. The van der Waals surface area contributed by atoms with Crippen LogP contribution in [0.4, 0.5) is 10.1 Å². The molecule has 2 rings (SSSR count). The Bertz CT molecular complexity index is 573. The molecule has 1 aromatic carbocycles. The van der Waals surface area contributed by atoms with Gasteiger partial charge in [-0.05, 0) is 38.5 Å². The third kappa shape index (κ3) is 2.37. The molecule has 0 unspecified atom stereocenters. The Hall–Kier alpha value is -1.84. The largest absolute Gasteiger partial charge is 0.378 e. The average Bonchev–Trinajstić information content (AvgIpc) is 2.53. The molecule has 0 fully saturated rings. The number of rotatable bonds is 3. The van der Waals surface area contributed by atoms with Crippen molar-refractivity contribution in [1.82, 2.24) is 9.78 Å². The molecule has 2 aromatic rings. The van der Waals surface area contributed by atoms with Crippen molar-refractivity contribution in [2.45, 2.75) is 27.3 Å². The van der Waals surface area contributed by atoms with E-state index in [0.29, 0.717) is 12.2 Å². The standard InChI is InChI=1S/C14H18FN3/c1-9-5-6-14(13(15)7-9)16-8-12-10(2)17-18(4)11(12)3/h5-7,16H,8H2,1-4H3. The van der Waals surface area contributed by atoms with Gasteiger partial charge in [-0.15, -0.1) is 0 Å². The number of nitrogens with zero attached hydrogens (tertiary/aromatic N) is 2. The molecule has 0 aliphatic carbocycles. The molecule has 1 heterocycles. The van der Waals surface area contributed by atoms with Crippen LogP contribution in [0.25, 0.3) is 0 Å². The molecule has 96 valence electrons. The second kappa shape index (κ2) is 4.80. The Balaban J connectivity index is 2.16. The summed E-state index contributed by atoms with van der Waals surface area (Å²) >= 11 is 0. The van der Waals surface area contributed by atoms with Crippen LogP contribution >= 0.6 is 0 Å². The minimum atomic E-state index is -0.214. The summed E-state index contributed by atoms with van der Waals surface area (Å²) in [6, 6.07) is 5.20. The highest BCUT2D eigenvalue weighted by Crippen LogP contribution is 2.18. The summed E-state index contributed by atoms with van der Waals surface area (Å²) in [5, 5.41) is 7.47. The molecule has 18 heavy (non-hydrogen) atoms. The number of anilines is 1. The Labute approximate surface area is 107 Å². The molecule has 0 aliphatic rings. The molecule has 0 radical (unpaired) electrons. The van der Waals surface area contributed by atoms with Crippen molar-refractivity contribution in [1.29, 1.82) is 0 Å². The molecule has 4 heteroatoms. The second-order valence-electron chi connectivity index (χ2n) is 4.61. The maximum atomic E-state index is 13.7. The molecule has 1 aromatic heterocycles. The van der Waals surface area contributed by atoms with Crippen molar-refractivity contribution in [3.63, 3.8) is 0 Å². The maximum absolute atomic E-state index is 13.7. The van der Waals surface area contributed by atoms with Crippen LogP contribution in [0.5, 0.6) is 0 Å². The van der Waals surface area contributed by atoms with Crippen LogP contribution in [0.3, 0.4) is 0 Å². The van der Waals surface area contributed by atoms with Crippen molar-refractivity contribution in [3.05, 3.63) is 46.5 Å². The Morgan fingerprint density at radius 1 is 1.28 bits per heavy atom. The van der Waals surface area contributed by atoms with Crippen molar-refractivity contribution in [3.8, 4) is 0 Å². The van der Waals surface area contributed by atoms with Gasteiger partial charge >= 0.3 is 0 Å². The van der Waals surface area contributed by atoms with Crippen LogP contribution in [-0.2, 0) is 13.6 Å². The summed E-state index contributed by atoms with van der Waals surface area (Å²) in [6.45, 7) is 6.45. The molecule has 0 aliphatic heterocycles. The summed E-state index contributed by atoms with van der Waals surface area (Å²) in [7, 11) is 1.91. The van der Waals surface area contributed by atoms with Crippen LogP contribution < -0.4 is 5.32 Å². The molecule has 0 saturated carbocycles. The third-order valence-electron chi connectivity index (χ3n) is 3.24. The number of aromatic nitrogens is 2. The van der Waals surface area contributed by atoms with E-state index in [1.54, 1.807) is 6.07 Å². The summed E-state index contributed by atoms with van der Waals surface area (Å²) in [5.41, 5.74) is 4.66. The average molecular weight is 247 g/mol. The fourth-order valence-electron chi connectivity index (χ4n) is 2.02. The lowest BCUT2D eigenvalue weighted by molar-refractivity contribution is 0.629. The Morgan fingerprint density at radius 2 is 2.00 bits per heavy atom. The number of nitrogens with one attached hydrogen (secondary N) is 1. The van der Waals surface area contributed by atoms with Gasteiger partial charge in [0.1, 0.15) is 5.82 Å². The zero-order valence-electron chi connectivity index (χ0n) is 11.2. The zero-order chi connectivity index (χ0) is 13.3. The van der Waals surface area contributed by atoms with Gasteiger partial charge in [0.2, 0.25) is 0 Å². The SMILES string of the molecule is Cc1ccc(NCc2c(C)nn(C)c2C)c(F)c1. The monoisotopic (exact) mass is 247 g/mol. The van der Waals surface area contributed by atoms with E-state index < -0.39 is 0 Å². The van der Waals surface area contributed by atoms with Gasteiger partial charge in [-0.1, -0.05) is 6.07 Å². The van der Waals surface area contributed by atoms with Crippen molar-refractivity contribution in [2.75, 3.05) is 5.32 Å². The first-order chi connectivity index (χ1) is 8.49. The molecular formula is C14H18FN3. The van der Waals surface area contributed by atoms with Gasteiger partial charge in [-0.25, -0.2) is 4.39 Å². The van der Waals surface area contributed by atoms with Gasteiger partial charge in [0.05, 0.1) is 11.4 Å². The highest BCUT2D eigenvalue weighted by atomic mass is 19.1. The van der Waals surface area contributed by atoms with Gasteiger partial charge < -0.3 is 5.32 Å². The topological polar surface area (TPSA) is 29.9 Å². The minimum Gasteiger partial charge on any atom is -0.378 e. The number of benzene rings is 1. The molecule has 0 spiro atoms. The van der Waals surface area contributed by atoms with Crippen LogP contribution in [0.2, 0.25) is 0 Å². The summed E-state index contributed by atoms with van der Waals surface area (Å²) in [4.78, 5) is 0. The van der Waals surface area contributed by atoms with E-state index >= 15 is 0 Å². The summed E-state index contributed by atoms with van der Waals surface area (Å²) < 4.78 is 15.5. The lowest BCUT2D eigenvalue weighted by atomic mass is 10.2. The molecule has 0 amide bonds. The van der Waals surface area contributed by atoms with E-state index in [0.717, 1.165) is 22.5 Å². The van der Waals surface area contributed by atoms with Crippen LogP contribution in [-0.4, -0.2) is 9.78 Å². The first kappa shape index (κ1) is 12.6. The molecule has 0 bridgehead atoms. The highest BCUT2D eigenvalue weighted by molar-refractivity contribution is 5.47. The zero-order valence-corrected chi connectivity index (χ0v) is 11.2. The van der Waals surface area contributed by atoms with Gasteiger partial charge in [0, 0.05) is 24.8 Å². The number of hydrogen-bond acceptors (Lipinski definition) is 2. The van der Waals surface area contributed by atoms with Gasteiger partial charge in [-0.3, -0.25) is 4.68 Å². The number of aryl methyl sites for hydroxylation is 3. The first-order valence-electron chi connectivity index (χ1n) is 5.98. The van der Waals surface area contributed by atoms with E-state index in [4.69, 9.17) is 0 Å². The fourth-order valence-corrected chi connectivity index (χ4v) is 2.02. The van der Waals surface area contributed by atoms with Gasteiger partial charge in [0.15, 0.2) is 0 Å². The molecule has 3 nitrogen and oxygen atoms in total. The highest BCUT2D eigenvalue weighted by Gasteiger charge is 2.09. The smallest absolute Gasteiger partial charge is 0.146 e. The lowest BCUT2D eigenvalue weighted by Gasteiger charge is -2.08. The number of hydrogen-bond donors (Lipinski definition) is 1. The van der Waals surface area contributed by atoms with Crippen LogP contribution in [0.15, 0.2) is 18.2 Å². The van der Waals surface area contributed by atoms with Gasteiger partial charge in [-0.2, -0.15) is 5.10 Å². The normalized spacial score (nSPS) is 10.7. The second-order valence-corrected chi connectivity index (χ2v) is 4.61.